The zero-order chi connectivity index (χ0) is 14.7. The Balaban J connectivity index is 4.38. The van der Waals surface area contributed by atoms with Crippen molar-refractivity contribution in [2.45, 2.75) is 40.8 Å². The predicted molar refractivity (Wildman–Crippen MR) is 80.5 cm³/mol. The fraction of sp³-hybridized carbons (Fsp3) is 1.00. The minimum Gasteiger partial charge on any atom is -0.396 e. The third-order valence-electron chi connectivity index (χ3n) is 1.97. The first-order chi connectivity index (χ1) is 8.99. The second kappa shape index (κ2) is 11.1. The van der Waals surface area contributed by atoms with Crippen LogP contribution in [0.4, 0.5) is 0 Å². The molecular formula is C10H28O6Si3. The van der Waals surface area contributed by atoms with Crippen molar-refractivity contribution < 1.29 is 25.9 Å². The molecule has 0 spiro atoms. The maximum absolute atomic E-state index is 5.93. The molecule has 0 fully saturated rings. The molecule has 0 amide bonds. The van der Waals surface area contributed by atoms with E-state index in [0.717, 1.165) is 0 Å². The summed E-state index contributed by atoms with van der Waals surface area (Å²) in [5.41, 5.74) is 0. The summed E-state index contributed by atoms with van der Waals surface area (Å²) in [6.07, 6.45) is 0. The highest BCUT2D eigenvalue weighted by Gasteiger charge is 2.35. The second-order valence-corrected chi connectivity index (χ2v) is 11.2. The molecule has 0 atom stereocenters. The van der Waals surface area contributed by atoms with Crippen molar-refractivity contribution in [3.05, 3.63) is 0 Å². The minimum absolute atomic E-state index is 0.582. The average molecular weight is 329 g/mol. The van der Waals surface area contributed by atoms with E-state index in [1.54, 1.807) is 0 Å². The lowest BCUT2D eigenvalue weighted by Gasteiger charge is -2.30. The monoisotopic (exact) mass is 328 g/mol. The summed E-state index contributed by atoms with van der Waals surface area (Å²) in [5.74, 6) is 0. The summed E-state index contributed by atoms with van der Waals surface area (Å²) in [4.78, 5) is 0. The molecule has 6 nitrogen and oxygen atoms in total. The van der Waals surface area contributed by atoms with Crippen molar-refractivity contribution >= 4 is 27.6 Å². The van der Waals surface area contributed by atoms with Crippen LogP contribution in [0.3, 0.4) is 0 Å². The van der Waals surface area contributed by atoms with Gasteiger partial charge in [-0.25, -0.2) is 0 Å². The maximum atomic E-state index is 5.93. The largest absolute Gasteiger partial charge is 0.475 e. The van der Waals surface area contributed by atoms with Gasteiger partial charge in [0.05, 0.1) is 0 Å². The van der Waals surface area contributed by atoms with E-state index in [4.69, 9.17) is 25.9 Å². The maximum Gasteiger partial charge on any atom is 0.475 e. The third kappa shape index (κ3) is 9.87. The molecule has 9 heteroatoms. The quantitative estimate of drug-likeness (QED) is 0.503. The van der Waals surface area contributed by atoms with Crippen LogP contribution in [0.5, 0.6) is 0 Å². The summed E-state index contributed by atoms with van der Waals surface area (Å²) in [7, 11) is -6.57. The van der Waals surface area contributed by atoms with Crippen LogP contribution in [0, 0.1) is 0 Å². The van der Waals surface area contributed by atoms with Gasteiger partial charge >= 0.3 is 27.6 Å². The Labute approximate surface area is 121 Å². The van der Waals surface area contributed by atoms with Crippen molar-refractivity contribution in [1.82, 2.24) is 0 Å². The van der Waals surface area contributed by atoms with Crippen LogP contribution in [0.1, 0.15) is 27.7 Å². The molecule has 0 radical (unpaired) electrons. The van der Waals surface area contributed by atoms with Gasteiger partial charge in [0.25, 0.3) is 0 Å². The second-order valence-electron chi connectivity index (χ2n) is 4.03. The molecule has 0 rings (SSSR count). The highest BCUT2D eigenvalue weighted by atomic mass is 28.5. The Hall–Kier alpha value is 0.411. The van der Waals surface area contributed by atoms with Gasteiger partial charge in [-0.3, -0.25) is 0 Å². The van der Waals surface area contributed by atoms with Crippen molar-refractivity contribution in [2.75, 3.05) is 26.4 Å². The Morgan fingerprint density at radius 3 is 1.11 bits per heavy atom. The zero-order valence-electron chi connectivity index (χ0n) is 12.9. The van der Waals surface area contributed by atoms with Gasteiger partial charge in [0.1, 0.15) is 0 Å². The topological polar surface area (TPSA) is 55.4 Å². The predicted octanol–water partition coefficient (Wildman–Crippen LogP) is 1.30. The summed E-state index contributed by atoms with van der Waals surface area (Å²) in [6, 6.07) is 0. The lowest BCUT2D eigenvalue weighted by molar-refractivity contribution is 0.117. The molecular weight excluding hydrogens is 300 g/mol. The van der Waals surface area contributed by atoms with E-state index in [-0.39, 0.29) is 0 Å². The first kappa shape index (κ1) is 19.4. The molecule has 0 N–H and O–H groups in total. The summed E-state index contributed by atoms with van der Waals surface area (Å²) < 4.78 is 33.9. The molecule has 0 aromatic carbocycles. The van der Waals surface area contributed by atoms with Gasteiger partial charge in [0.15, 0.2) is 0 Å². The van der Waals surface area contributed by atoms with E-state index in [2.05, 4.69) is 0 Å². The molecule has 116 valence electrons. The fourth-order valence-electron chi connectivity index (χ4n) is 1.27. The molecule has 0 heterocycles. The van der Waals surface area contributed by atoms with E-state index >= 15 is 0 Å². The highest BCUT2D eigenvalue weighted by Crippen LogP contribution is 2.12. The molecule has 0 aromatic rings. The van der Waals surface area contributed by atoms with Gasteiger partial charge < -0.3 is 25.9 Å². The van der Waals surface area contributed by atoms with Crippen molar-refractivity contribution in [1.29, 1.82) is 0 Å². The highest BCUT2D eigenvalue weighted by molar-refractivity contribution is 6.75. The van der Waals surface area contributed by atoms with Crippen molar-refractivity contribution in [3.8, 4) is 0 Å². The lowest BCUT2D eigenvalue weighted by Crippen LogP contribution is -2.49. The van der Waals surface area contributed by atoms with Crippen molar-refractivity contribution in [3.63, 3.8) is 0 Å². The Morgan fingerprint density at radius 1 is 0.632 bits per heavy atom. The molecule has 19 heavy (non-hydrogen) atoms. The van der Waals surface area contributed by atoms with E-state index in [9.17, 15) is 0 Å². The normalized spacial score (nSPS) is 12.6. The number of rotatable bonds is 12. The molecule has 0 aromatic heterocycles. The number of hydrogen-bond donors (Lipinski definition) is 0. The smallest absolute Gasteiger partial charge is 0.396 e. The van der Waals surface area contributed by atoms with Crippen LogP contribution in [-0.2, 0) is 25.9 Å². The van der Waals surface area contributed by atoms with Gasteiger partial charge in [-0.1, -0.05) is 0 Å². The lowest BCUT2D eigenvalue weighted by atomic mass is 10.9. The summed E-state index contributed by atoms with van der Waals surface area (Å²) >= 11 is 0. The molecule has 0 unspecified atom stereocenters. The minimum atomic E-state index is -2.35. The van der Waals surface area contributed by atoms with Crippen molar-refractivity contribution in [2.24, 2.45) is 0 Å². The van der Waals surface area contributed by atoms with E-state index in [1.165, 1.54) is 0 Å². The Morgan fingerprint density at radius 2 is 0.895 bits per heavy atom. The standard InChI is InChI=1S/C10H28O6Si3/c1-7-11-17(12-8-2)15-19(5,6)16-18(13-9-3)14-10-4/h17-18H,7-10H2,1-6H3. The molecule has 0 saturated heterocycles. The molecule has 0 saturated carbocycles. The van der Waals surface area contributed by atoms with E-state index < -0.39 is 27.6 Å². The SMILES string of the molecule is CCO[SiH](OCC)O[Si](C)(C)O[SiH](OCC)OCC. The zero-order valence-corrected chi connectivity index (χ0v) is 16.2. The van der Waals surface area contributed by atoms with E-state index in [1.807, 2.05) is 40.8 Å². The fourth-order valence-corrected chi connectivity index (χ4v) is 8.07. The van der Waals surface area contributed by atoms with Crippen LogP contribution < -0.4 is 0 Å². The van der Waals surface area contributed by atoms with Crippen LogP contribution in [0.2, 0.25) is 13.1 Å². The van der Waals surface area contributed by atoms with Crippen LogP contribution in [-0.4, -0.2) is 54.0 Å². The summed E-state index contributed by atoms with van der Waals surface area (Å²) in [6.45, 7) is 14.0. The van der Waals surface area contributed by atoms with Crippen LogP contribution >= 0.6 is 0 Å². The first-order valence-electron chi connectivity index (χ1n) is 6.81. The molecule has 0 aliphatic rings. The van der Waals surface area contributed by atoms with Gasteiger partial charge in [-0.15, -0.1) is 0 Å². The Kier molecular flexibility index (Phi) is 11.4. The molecule has 0 bridgehead atoms. The van der Waals surface area contributed by atoms with Gasteiger partial charge in [-0.05, 0) is 40.8 Å². The van der Waals surface area contributed by atoms with Crippen LogP contribution in [0.15, 0.2) is 0 Å². The first-order valence-corrected chi connectivity index (χ1v) is 12.5. The van der Waals surface area contributed by atoms with E-state index in [0.29, 0.717) is 26.4 Å². The van der Waals surface area contributed by atoms with Gasteiger partial charge in [0, 0.05) is 26.4 Å². The average Bonchev–Trinajstić information content (AvgIpc) is 2.29. The van der Waals surface area contributed by atoms with Crippen LogP contribution in [0.25, 0.3) is 0 Å². The van der Waals surface area contributed by atoms with Gasteiger partial charge in [-0.2, -0.15) is 0 Å². The third-order valence-corrected chi connectivity index (χ3v) is 10.5. The molecule has 0 aliphatic heterocycles. The summed E-state index contributed by atoms with van der Waals surface area (Å²) in [5, 5.41) is 0. The van der Waals surface area contributed by atoms with Gasteiger partial charge in [0.2, 0.25) is 0 Å². The number of hydrogen-bond acceptors (Lipinski definition) is 6. The Bertz CT molecular complexity index is 187. The molecule has 0 aliphatic carbocycles.